The summed E-state index contributed by atoms with van der Waals surface area (Å²) >= 11 is 0. The van der Waals surface area contributed by atoms with Gasteiger partial charge in [-0.05, 0) is 41.0 Å². The molecule has 4 aromatic carbocycles. The molecule has 0 aliphatic rings. The minimum absolute atomic E-state index is 0.411. The highest BCUT2D eigenvalue weighted by Gasteiger charge is 2.37. The van der Waals surface area contributed by atoms with Crippen LogP contribution in [0.5, 0.6) is 5.75 Å². The van der Waals surface area contributed by atoms with Gasteiger partial charge in [-0.3, -0.25) is 4.79 Å². The van der Waals surface area contributed by atoms with Gasteiger partial charge in [0.25, 0.3) is 0 Å². The monoisotopic (exact) mass is 848 g/mol. The number of rotatable bonds is 39. The van der Waals surface area contributed by atoms with Gasteiger partial charge in [0.1, 0.15) is 24.2 Å². The van der Waals surface area contributed by atoms with E-state index in [0.717, 1.165) is 23.0 Å². The maximum absolute atomic E-state index is 10.7. The van der Waals surface area contributed by atoms with Crippen LogP contribution in [0.15, 0.2) is 115 Å². The van der Waals surface area contributed by atoms with Crippen molar-refractivity contribution in [1.82, 2.24) is 0 Å². The number of carbonyl (C=O) groups excluding carboxylic acids is 1. The molecule has 0 N–H and O–H groups in total. The topological polar surface area (TPSA) is 128 Å². The SMILES string of the molecule is O=Cc1ccc(OCCOCCOCCOCCOCCOCCOCCOCCOCCOCCOCCOC(c2ccccc2)(c2ccccc2)c2ccccc2)cc1. The second-order valence-corrected chi connectivity index (χ2v) is 13.3. The Morgan fingerprint density at radius 1 is 0.311 bits per heavy atom. The van der Waals surface area contributed by atoms with E-state index in [4.69, 9.17) is 56.8 Å². The smallest absolute Gasteiger partial charge is 0.150 e. The van der Waals surface area contributed by atoms with Crippen molar-refractivity contribution in [3.05, 3.63) is 138 Å². The third kappa shape index (κ3) is 21.0. The van der Waals surface area contributed by atoms with Gasteiger partial charge >= 0.3 is 0 Å². The van der Waals surface area contributed by atoms with E-state index in [2.05, 4.69) is 36.4 Å². The lowest BCUT2D eigenvalue weighted by atomic mass is 9.80. The predicted octanol–water partition coefficient (Wildman–Crippen LogP) is 6.05. The van der Waals surface area contributed by atoms with Crippen LogP contribution in [0.2, 0.25) is 0 Å². The van der Waals surface area contributed by atoms with Gasteiger partial charge < -0.3 is 56.8 Å². The van der Waals surface area contributed by atoms with Crippen LogP contribution in [0.25, 0.3) is 0 Å². The van der Waals surface area contributed by atoms with E-state index in [0.29, 0.717) is 157 Å². The molecule has 0 saturated heterocycles. The van der Waals surface area contributed by atoms with Crippen molar-refractivity contribution >= 4 is 6.29 Å². The fourth-order valence-electron chi connectivity index (χ4n) is 5.96. The van der Waals surface area contributed by atoms with E-state index in [9.17, 15) is 4.79 Å². The zero-order chi connectivity index (χ0) is 42.6. The van der Waals surface area contributed by atoms with Crippen molar-refractivity contribution in [2.24, 2.45) is 0 Å². The van der Waals surface area contributed by atoms with Gasteiger partial charge in [0, 0.05) is 5.56 Å². The molecule has 0 fully saturated rings. The first-order chi connectivity index (χ1) is 30.3. The lowest BCUT2D eigenvalue weighted by Crippen LogP contribution is -2.34. The molecule has 334 valence electrons. The van der Waals surface area contributed by atoms with Crippen LogP contribution in [0.1, 0.15) is 27.0 Å². The van der Waals surface area contributed by atoms with Crippen molar-refractivity contribution in [1.29, 1.82) is 0 Å². The minimum atomic E-state index is -0.757. The van der Waals surface area contributed by atoms with Crippen LogP contribution in [-0.4, -0.2) is 152 Å². The maximum Gasteiger partial charge on any atom is 0.150 e. The third-order valence-corrected chi connectivity index (χ3v) is 8.95. The van der Waals surface area contributed by atoms with Gasteiger partial charge in [0.2, 0.25) is 0 Å². The fourth-order valence-corrected chi connectivity index (χ4v) is 5.96. The van der Waals surface area contributed by atoms with Gasteiger partial charge in [0.15, 0.2) is 0 Å². The molecular weight excluding hydrogens is 785 g/mol. The van der Waals surface area contributed by atoms with Crippen molar-refractivity contribution in [3.63, 3.8) is 0 Å². The Kier molecular flexibility index (Phi) is 27.2. The Morgan fingerprint density at radius 2 is 0.574 bits per heavy atom. The molecule has 13 nitrogen and oxygen atoms in total. The third-order valence-electron chi connectivity index (χ3n) is 8.95. The van der Waals surface area contributed by atoms with Crippen molar-refractivity contribution < 1.29 is 61.6 Å². The van der Waals surface area contributed by atoms with Gasteiger partial charge in [-0.15, -0.1) is 0 Å². The molecule has 0 bridgehead atoms. The summed E-state index contributed by atoms with van der Waals surface area (Å²) in [7, 11) is 0. The molecule has 0 aliphatic heterocycles. The largest absolute Gasteiger partial charge is 0.491 e. The van der Waals surface area contributed by atoms with Gasteiger partial charge in [-0.2, -0.15) is 0 Å². The van der Waals surface area contributed by atoms with Crippen LogP contribution in [-0.2, 0) is 57.7 Å². The second kappa shape index (κ2) is 33.5. The molecule has 61 heavy (non-hydrogen) atoms. The van der Waals surface area contributed by atoms with E-state index in [1.165, 1.54) is 0 Å². The Balaban J connectivity index is 0.841. The molecule has 0 radical (unpaired) electrons. The van der Waals surface area contributed by atoms with E-state index in [1.807, 2.05) is 54.6 Å². The number of benzene rings is 4. The number of carbonyl (C=O) groups is 1. The molecule has 0 atom stereocenters. The molecule has 0 unspecified atom stereocenters. The average molecular weight is 849 g/mol. The molecule has 4 aromatic rings. The quantitative estimate of drug-likeness (QED) is 0.0294. The van der Waals surface area contributed by atoms with Crippen LogP contribution in [0, 0.1) is 0 Å². The summed E-state index contributed by atoms with van der Waals surface area (Å²) in [4.78, 5) is 10.7. The Hall–Kier alpha value is -4.09. The first-order valence-electron chi connectivity index (χ1n) is 21.1. The summed E-state index contributed by atoms with van der Waals surface area (Å²) in [5.41, 5.74) is 3.05. The highest BCUT2D eigenvalue weighted by Crippen LogP contribution is 2.40. The maximum atomic E-state index is 10.7. The Bertz CT molecular complexity index is 1500. The van der Waals surface area contributed by atoms with Crippen molar-refractivity contribution in [3.8, 4) is 5.75 Å². The lowest BCUT2D eigenvalue weighted by molar-refractivity contribution is -0.0399. The van der Waals surface area contributed by atoms with E-state index < -0.39 is 5.60 Å². The molecule has 0 aromatic heterocycles. The number of hydrogen-bond donors (Lipinski definition) is 0. The van der Waals surface area contributed by atoms with Crippen LogP contribution in [0.3, 0.4) is 0 Å². The Morgan fingerprint density at radius 3 is 0.852 bits per heavy atom. The molecular formula is C48H64O13. The zero-order valence-electron chi connectivity index (χ0n) is 35.4. The molecule has 0 heterocycles. The van der Waals surface area contributed by atoms with Crippen LogP contribution in [0.4, 0.5) is 0 Å². The fraction of sp³-hybridized carbons (Fsp3) is 0.479. The summed E-state index contributed by atoms with van der Waals surface area (Å²) in [6.45, 7) is 10.5. The summed E-state index contributed by atoms with van der Waals surface area (Å²) in [6.07, 6.45) is 0.799. The zero-order valence-corrected chi connectivity index (χ0v) is 35.4. The predicted molar refractivity (Wildman–Crippen MR) is 231 cm³/mol. The van der Waals surface area contributed by atoms with Gasteiger partial charge in [-0.1, -0.05) is 91.0 Å². The molecule has 0 amide bonds. The normalized spacial score (nSPS) is 11.5. The standard InChI is InChI=1S/C48H64O13/c49-42-43-16-18-47(19-17-43)60-40-38-58-36-34-56-32-30-54-28-26-52-24-22-50-20-21-51-23-25-53-27-29-55-31-33-57-35-37-59-39-41-61-48(44-10-4-1-5-11-44,45-12-6-2-7-13-45)46-14-8-3-9-15-46/h1-19,42H,20-41H2. The number of hydrogen-bond acceptors (Lipinski definition) is 13. The summed E-state index contributed by atoms with van der Waals surface area (Å²) < 4.78 is 68.0. The molecule has 0 spiro atoms. The van der Waals surface area contributed by atoms with Crippen LogP contribution < -0.4 is 4.74 Å². The average Bonchev–Trinajstić information content (AvgIpc) is 3.31. The second-order valence-electron chi connectivity index (χ2n) is 13.3. The highest BCUT2D eigenvalue weighted by molar-refractivity contribution is 5.74. The first-order valence-corrected chi connectivity index (χ1v) is 21.1. The summed E-state index contributed by atoms with van der Waals surface area (Å²) in [5.74, 6) is 0.702. The van der Waals surface area contributed by atoms with E-state index >= 15 is 0 Å². The summed E-state index contributed by atoms with van der Waals surface area (Å²) in [6, 6.07) is 37.9. The molecule has 0 aliphatic carbocycles. The summed E-state index contributed by atoms with van der Waals surface area (Å²) in [5, 5.41) is 0. The number of aldehydes is 1. The van der Waals surface area contributed by atoms with Crippen molar-refractivity contribution in [2.75, 3.05) is 145 Å². The lowest BCUT2D eigenvalue weighted by Gasteiger charge is -2.36. The van der Waals surface area contributed by atoms with E-state index in [-0.39, 0.29) is 0 Å². The van der Waals surface area contributed by atoms with Crippen molar-refractivity contribution in [2.45, 2.75) is 5.60 Å². The molecule has 13 heteroatoms. The van der Waals surface area contributed by atoms with Gasteiger partial charge in [-0.25, -0.2) is 0 Å². The van der Waals surface area contributed by atoms with E-state index in [1.54, 1.807) is 24.3 Å². The minimum Gasteiger partial charge on any atom is -0.491 e. The molecule has 0 saturated carbocycles. The highest BCUT2D eigenvalue weighted by atomic mass is 16.6. The molecule has 4 rings (SSSR count). The Labute approximate surface area is 361 Å². The van der Waals surface area contributed by atoms with Crippen LogP contribution >= 0.6 is 0 Å². The first kappa shape index (κ1) is 49.6. The number of ether oxygens (including phenoxy) is 12. The van der Waals surface area contributed by atoms with Gasteiger partial charge in [0.05, 0.1) is 139 Å².